The molecule has 176 valence electrons. The van der Waals surface area contributed by atoms with Gasteiger partial charge in [-0.2, -0.15) is 9.78 Å². The lowest BCUT2D eigenvalue weighted by atomic mass is 9.99. The first kappa shape index (κ1) is 25.7. The number of nitrogens with zero attached hydrogens (tertiary/aromatic N) is 3. The molecule has 0 saturated heterocycles. The van der Waals surface area contributed by atoms with Crippen molar-refractivity contribution in [3.8, 4) is 11.5 Å². The highest BCUT2D eigenvalue weighted by molar-refractivity contribution is 14.1. The molecule has 0 aliphatic rings. The Balaban J connectivity index is 2.07. The number of ether oxygens (including phenoxy) is 2. The van der Waals surface area contributed by atoms with Crippen molar-refractivity contribution in [1.29, 1.82) is 0 Å². The molecule has 1 atom stereocenters. The molecule has 2 aromatic carbocycles. The summed E-state index contributed by atoms with van der Waals surface area (Å²) >= 11 is 5.68. The summed E-state index contributed by atoms with van der Waals surface area (Å²) < 4.78 is 14.8. The van der Waals surface area contributed by atoms with Crippen LogP contribution in [0.15, 0.2) is 44.7 Å². The number of halogens is 2. The van der Waals surface area contributed by atoms with Crippen molar-refractivity contribution >= 4 is 55.6 Å². The predicted molar refractivity (Wildman–Crippen MR) is 146 cm³/mol. The van der Waals surface area contributed by atoms with Crippen LogP contribution in [0.25, 0.3) is 10.9 Å². The second-order valence-corrected chi connectivity index (χ2v) is 11.3. The summed E-state index contributed by atoms with van der Waals surface area (Å²) in [5.41, 5.74) is 1.30. The molecule has 33 heavy (non-hydrogen) atoms. The van der Waals surface area contributed by atoms with E-state index in [-0.39, 0.29) is 16.9 Å². The highest BCUT2D eigenvalue weighted by atomic mass is 127. The predicted octanol–water partition coefficient (Wildman–Crippen LogP) is 6.59. The summed E-state index contributed by atoms with van der Waals surface area (Å²) in [4.78, 5) is 18.1. The maximum Gasteiger partial charge on any atom is 0.282 e. The summed E-state index contributed by atoms with van der Waals surface area (Å²) in [5, 5.41) is 5.08. The number of aromatic nitrogens is 2. The van der Waals surface area contributed by atoms with Crippen LogP contribution in [-0.2, 0) is 0 Å². The fourth-order valence-corrected chi connectivity index (χ4v) is 4.29. The topological polar surface area (TPSA) is 65.7 Å². The van der Waals surface area contributed by atoms with Gasteiger partial charge in [0.25, 0.3) is 5.56 Å². The molecule has 0 aliphatic carbocycles. The third-order valence-electron chi connectivity index (χ3n) is 5.11. The van der Waals surface area contributed by atoms with Gasteiger partial charge in [-0.05, 0) is 70.3 Å². The lowest BCUT2D eigenvalue weighted by Crippen LogP contribution is -2.23. The van der Waals surface area contributed by atoms with Gasteiger partial charge >= 0.3 is 0 Å². The van der Waals surface area contributed by atoms with Crippen LogP contribution in [0.5, 0.6) is 11.5 Å². The van der Waals surface area contributed by atoms with Gasteiger partial charge in [0.05, 0.1) is 34.4 Å². The molecule has 0 fully saturated rings. The van der Waals surface area contributed by atoms with Crippen molar-refractivity contribution in [3.05, 3.63) is 60.1 Å². The first-order chi connectivity index (χ1) is 15.5. The first-order valence-corrected chi connectivity index (χ1v) is 12.7. The molecule has 0 saturated carbocycles. The maximum absolute atomic E-state index is 13.3. The average molecular weight is 626 g/mol. The number of rotatable bonds is 7. The van der Waals surface area contributed by atoms with E-state index in [1.54, 1.807) is 19.4 Å². The molecular formula is C25H29BrIN3O3. The van der Waals surface area contributed by atoms with E-state index < -0.39 is 0 Å². The van der Waals surface area contributed by atoms with E-state index in [9.17, 15) is 4.79 Å². The summed E-state index contributed by atoms with van der Waals surface area (Å²) in [6.07, 6.45) is 2.51. The van der Waals surface area contributed by atoms with E-state index >= 15 is 0 Å². The molecule has 1 aromatic heterocycles. The minimum atomic E-state index is -0.195. The van der Waals surface area contributed by atoms with E-state index in [4.69, 9.17) is 14.5 Å². The highest BCUT2D eigenvalue weighted by Crippen LogP contribution is 2.34. The van der Waals surface area contributed by atoms with Crippen LogP contribution < -0.4 is 15.0 Å². The zero-order valence-electron chi connectivity index (χ0n) is 19.8. The van der Waals surface area contributed by atoms with Gasteiger partial charge in [-0.3, -0.25) is 4.79 Å². The van der Waals surface area contributed by atoms with Crippen molar-refractivity contribution in [2.24, 2.45) is 10.5 Å². The number of hydrogen-bond acceptors (Lipinski definition) is 5. The van der Waals surface area contributed by atoms with Crippen LogP contribution in [0, 0.1) is 8.99 Å². The van der Waals surface area contributed by atoms with Crippen molar-refractivity contribution in [2.75, 3.05) is 13.7 Å². The lowest BCUT2D eigenvalue weighted by molar-refractivity contribution is 0.190. The van der Waals surface area contributed by atoms with E-state index in [1.165, 1.54) is 4.68 Å². The van der Waals surface area contributed by atoms with Crippen LogP contribution in [0.1, 0.15) is 58.3 Å². The Morgan fingerprint density at radius 3 is 2.64 bits per heavy atom. The second-order valence-electron chi connectivity index (χ2n) is 9.19. The first-order valence-electron chi connectivity index (χ1n) is 10.8. The Morgan fingerprint density at radius 1 is 1.27 bits per heavy atom. The summed E-state index contributed by atoms with van der Waals surface area (Å²) in [6, 6.07) is 9.35. The molecule has 1 heterocycles. The van der Waals surface area contributed by atoms with Crippen molar-refractivity contribution in [2.45, 2.75) is 47.0 Å². The van der Waals surface area contributed by atoms with E-state index in [2.05, 4.69) is 71.3 Å². The molecule has 0 N–H and O–H groups in total. The smallest absolute Gasteiger partial charge is 0.282 e. The molecule has 0 aliphatic heterocycles. The normalized spacial score (nSPS) is 13.0. The molecule has 8 heteroatoms. The fraction of sp³-hybridized carbons (Fsp3) is 0.400. The largest absolute Gasteiger partial charge is 0.493 e. The molecule has 3 aromatic rings. The van der Waals surface area contributed by atoms with Crippen LogP contribution in [0.3, 0.4) is 0 Å². The third-order valence-corrected chi connectivity index (χ3v) is 6.40. The van der Waals surface area contributed by atoms with E-state index in [0.717, 1.165) is 20.0 Å². The number of benzene rings is 2. The minimum Gasteiger partial charge on any atom is -0.493 e. The Morgan fingerprint density at radius 2 is 2.00 bits per heavy atom. The van der Waals surface area contributed by atoms with Gasteiger partial charge < -0.3 is 9.47 Å². The van der Waals surface area contributed by atoms with Gasteiger partial charge in [0.2, 0.25) is 0 Å². The molecule has 0 amide bonds. The van der Waals surface area contributed by atoms with Crippen LogP contribution in [-0.4, -0.2) is 29.6 Å². The van der Waals surface area contributed by atoms with Crippen molar-refractivity contribution < 1.29 is 9.47 Å². The Labute approximate surface area is 216 Å². The Hall–Kier alpha value is -1.94. The maximum atomic E-state index is 13.3. The Bertz CT molecular complexity index is 1250. The highest BCUT2D eigenvalue weighted by Gasteiger charge is 2.18. The van der Waals surface area contributed by atoms with Gasteiger partial charge in [-0.15, -0.1) is 0 Å². The summed E-state index contributed by atoms with van der Waals surface area (Å²) in [5.74, 6) is 2.05. The summed E-state index contributed by atoms with van der Waals surface area (Å²) in [7, 11) is 1.62. The molecule has 0 unspecified atom stereocenters. The van der Waals surface area contributed by atoms with Gasteiger partial charge in [0, 0.05) is 10.4 Å². The lowest BCUT2D eigenvalue weighted by Gasteiger charge is -2.21. The molecule has 0 bridgehead atoms. The molecule has 0 radical (unpaired) electrons. The van der Waals surface area contributed by atoms with Gasteiger partial charge in [-0.1, -0.05) is 50.5 Å². The van der Waals surface area contributed by atoms with Crippen LogP contribution >= 0.6 is 38.5 Å². The number of hydrogen-bond donors (Lipinski definition) is 0. The van der Waals surface area contributed by atoms with Gasteiger partial charge in [-0.25, -0.2) is 4.98 Å². The van der Waals surface area contributed by atoms with Crippen LogP contribution in [0.2, 0.25) is 0 Å². The van der Waals surface area contributed by atoms with E-state index in [1.807, 2.05) is 31.2 Å². The standard InChI is InChI=1S/C25H29BrIN3O3/c1-7-15(2)23-29-20-9-8-17(26)12-18(20)24(31)30(23)28-13-16-10-19(27)22(21(11-16)32-6)33-14-25(3,4)5/h8-13,15H,7,14H2,1-6H3/t15-/m1/s1. The van der Waals surface area contributed by atoms with Crippen molar-refractivity contribution in [3.63, 3.8) is 0 Å². The third kappa shape index (κ3) is 6.15. The minimum absolute atomic E-state index is 0.0276. The fourth-order valence-electron chi connectivity index (χ4n) is 3.15. The monoisotopic (exact) mass is 625 g/mol. The summed E-state index contributed by atoms with van der Waals surface area (Å²) in [6.45, 7) is 11.0. The SMILES string of the molecule is CC[C@@H](C)c1nc2ccc(Br)cc2c(=O)n1N=Cc1cc(I)c(OCC(C)(C)C)c(OC)c1. The average Bonchev–Trinajstić information content (AvgIpc) is 2.76. The van der Waals surface area contributed by atoms with Crippen LogP contribution in [0.4, 0.5) is 0 Å². The molecule has 6 nitrogen and oxygen atoms in total. The van der Waals surface area contributed by atoms with Gasteiger partial charge in [0.1, 0.15) is 5.82 Å². The second kappa shape index (κ2) is 10.5. The molecular weight excluding hydrogens is 597 g/mol. The van der Waals surface area contributed by atoms with Crippen molar-refractivity contribution in [1.82, 2.24) is 9.66 Å². The Kier molecular flexibility index (Phi) is 8.21. The zero-order chi connectivity index (χ0) is 24.3. The number of methoxy groups -OCH3 is 1. The number of fused-ring (bicyclic) bond motifs is 1. The molecule has 0 spiro atoms. The zero-order valence-corrected chi connectivity index (χ0v) is 23.5. The van der Waals surface area contributed by atoms with E-state index in [0.29, 0.717) is 34.8 Å². The van der Waals surface area contributed by atoms with Gasteiger partial charge in [0.15, 0.2) is 11.5 Å². The quantitative estimate of drug-likeness (QED) is 0.219. The molecule has 3 rings (SSSR count).